The average Bonchev–Trinajstić information content (AvgIpc) is 3.29. The number of aliphatic carboxylic acids is 1. The number of aliphatic hydroxyl groups excluding tert-OH is 1. The number of carboxylic acid groups (broad SMARTS) is 1. The van der Waals surface area contributed by atoms with Crippen LogP contribution in [0.5, 0.6) is 0 Å². The first-order chi connectivity index (χ1) is 18.5. The van der Waals surface area contributed by atoms with E-state index in [9.17, 15) is 27.9 Å². The van der Waals surface area contributed by atoms with Crippen molar-refractivity contribution in [1.82, 2.24) is 14.5 Å². The zero-order valence-corrected chi connectivity index (χ0v) is 21.3. The summed E-state index contributed by atoms with van der Waals surface area (Å²) in [5.41, 5.74) is 0.261. The van der Waals surface area contributed by atoms with Crippen molar-refractivity contribution in [2.24, 2.45) is 5.92 Å². The number of piperidine rings is 1. The van der Waals surface area contributed by atoms with Crippen LogP contribution in [0.3, 0.4) is 0 Å². The van der Waals surface area contributed by atoms with Crippen molar-refractivity contribution in [3.8, 4) is 5.95 Å². The van der Waals surface area contributed by atoms with E-state index >= 15 is 0 Å². The molecule has 0 spiro atoms. The van der Waals surface area contributed by atoms with Crippen LogP contribution in [-0.4, -0.2) is 56.2 Å². The summed E-state index contributed by atoms with van der Waals surface area (Å²) < 4.78 is 42.3. The molecule has 4 aromatic rings. The Bertz CT molecular complexity index is 1580. The number of aromatic nitrogens is 3. The molecule has 204 valence electrons. The summed E-state index contributed by atoms with van der Waals surface area (Å²) >= 11 is 6.20. The van der Waals surface area contributed by atoms with Crippen molar-refractivity contribution >= 4 is 51.0 Å². The third-order valence-electron chi connectivity index (χ3n) is 7.01. The van der Waals surface area contributed by atoms with E-state index in [1.165, 1.54) is 12.3 Å². The Morgan fingerprint density at radius 3 is 2.44 bits per heavy atom. The molecular formula is C27H24ClF3N4O4. The summed E-state index contributed by atoms with van der Waals surface area (Å²) in [7, 11) is 0. The normalized spacial score (nSPS) is 14.8. The Hall–Kier alpha value is -3.70. The Balaban J connectivity index is 1.68. The van der Waals surface area contributed by atoms with Crippen LogP contribution >= 0.6 is 11.6 Å². The Kier molecular flexibility index (Phi) is 7.21. The highest BCUT2D eigenvalue weighted by Crippen LogP contribution is 2.36. The number of Topliss-reactive ketones (excluding diaryl/α,β-unsaturated/α-hetero) is 1. The third kappa shape index (κ3) is 5.41. The van der Waals surface area contributed by atoms with Gasteiger partial charge in [-0.3, -0.25) is 14.2 Å². The highest BCUT2D eigenvalue weighted by Gasteiger charge is 2.32. The number of fused-ring (bicyclic) bond motifs is 2. The number of nitrogens with zero attached hydrogens (tertiary/aromatic N) is 4. The molecule has 1 aliphatic heterocycles. The van der Waals surface area contributed by atoms with E-state index in [2.05, 4.69) is 4.98 Å². The molecule has 5 rings (SSSR count). The van der Waals surface area contributed by atoms with Crippen LogP contribution < -0.4 is 4.90 Å². The molecule has 1 aliphatic rings. The zero-order valence-electron chi connectivity index (χ0n) is 20.6. The van der Waals surface area contributed by atoms with Gasteiger partial charge in [-0.2, -0.15) is 18.2 Å². The molecule has 0 saturated carbocycles. The highest BCUT2D eigenvalue weighted by molar-refractivity contribution is 6.31. The number of hydrogen-bond donors (Lipinski definition) is 2. The van der Waals surface area contributed by atoms with E-state index in [0.29, 0.717) is 53.2 Å². The fraction of sp³-hybridized carbons (Fsp3) is 0.333. The molecule has 0 atom stereocenters. The molecule has 39 heavy (non-hydrogen) atoms. The van der Waals surface area contributed by atoms with Gasteiger partial charge in [-0.25, -0.2) is 4.98 Å². The Morgan fingerprint density at radius 1 is 1.03 bits per heavy atom. The lowest BCUT2D eigenvalue weighted by Gasteiger charge is -2.32. The molecule has 2 aromatic carbocycles. The van der Waals surface area contributed by atoms with Gasteiger partial charge in [-0.1, -0.05) is 11.6 Å². The zero-order chi connectivity index (χ0) is 27.9. The van der Waals surface area contributed by atoms with Gasteiger partial charge in [0.25, 0.3) is 0 Å². The monoisotopic (exact) mass is 560 g/mol. The van der Waals surface area contributed by atoms with Gasteiger partial charge in [0.1, 0.15) is 5.82 Å². The molecule has 2 aromatic heterocycles. The van der Waals surface area contributed by atoms with Gasteiger partial charge in [-0.15, -0.1) is 0 Å². The number of halogens is 4. The number of carboxylic acids is 1. The van der Waals surface area contributed by atoms with Crippen molar-refractivity contribution in [3.05, 3.63) is 58.7 Å². The van der Waals surface area contributed by atoms with Crippen LogP contribution in [0, 0.1) is 5.92 Å². The number of alkyl halides is 3. The molecule has 1 fully saturated rings. The molecular weight excluding hydrogens is 537 g/mol. The lowest BCUT2D eigenvalue weighted by atomic mass is 9.97. The standard InChI is InChI=1S/C27H24ClF3N4O4/c28-17-2-4-22-18(12-17)20(23(37)5-6-24(38)39)13-35(22)26-32-21-3-1-16(27(29,30)31)11-19(21)25(33-26)34-9-7-15(14-36)8-10-34/h1-4,11-13,15,36H,5-10,14H2,(H,38,39). The predicted molar refractivity (Wildman–Crippen MR) is 140 cm³/mol. The summed E-state index contributed by atoms with van der Waals surface area (Å²) in [6.45, 7) is 1.03. The van der Waals surface area contributed by atoms with Crippen LogP contribution in [0.15, 0.2) is 42.6 Å². The second kappa shape index (κ2) is 10.5. The van der Waals surface area contributed by atoms with Crippen LogP contribution in [0.2, 0.25) is 5.02 Å². The quantitative estimate of drug-likeness (QED) is 0.287. The molecule has 0 aliphatic carbocycles. The average molecular weight is 561 g/mol. The summed E-state index contributed by atoms with van der Waals surface area (Å²) in [4.78, 5) is 35.1. The smallest absolute Gasteiger partial charge is 0.416 e. The fourth-order valence-electron chi connectivity index (χ4n) is 4.90. The summed E-state index contributed by atoms with van der Waals surface area (Å²) in [6.07, 6.45) is -2.28. The maximum absolute atomic E-state index is 13.6. The first kappa shape index (κ1) is 26.9. The van der Waals surface area contributed by atoms with Crippen LogP contribution in [0.25, 0.3) is 27.8 Å². The first-order valence-corrected chi connectivity index (χ1v) is 12.7. The van der Waals surface area contributed by atoms with Gasteiger partial charge in [-0.05, 0) is 55.2 Å². The highest BCUT2D eigenvalue weighted by atomic mass is 35.5. The summed E-state index contributed by atoms with van der Waals surface area (Å²) in [5, 5.41) is 19.7. The van der Waals surface area contributed by atoms with Crippen LogP contribution in [-0.2, 0) is 11.0 Å². The topological polar surface area (TPSA) is 109 Å². The van der Waals surface area contributed by atoms with Crippen molar-refractivity contribution in [2.75, 3.05) is 24.6 Å². The lowest BCUT2D eigenvalue weighted by molar-refractivity contribution is -0.138. The van der Waals surface area contributed by atoms with E-state index in [1.807, 2.05) is 4.90 Å². The van der Waals surface area contributed by atoms with E-state index in [0.717, 1.165) is 12.1 Å². The van der Waals surface area contributed by atoms with Crippen molar-refractivity contribution in [1.29, 1.82) is 0 Å². The van der Waals surface area contributed by atoms with Crippen molar-refractivity contribution in [2.45, 2.75) is 31.9 Å². The molecule has 3 heterocycles. The SMILES string of the molecule is O=C(O)CCC(=O)c1cn(-c2nc(N3CCC(CO)CC3)c3cc(C(F)(F)F)ccc3n2)c2ccc(Cl)cc12. The van der Waals surface area contributed by atoms with Gasteiger partial charge in [0, 0.05) is 53.7 Å². The van der Waals surface area contributed by atoms with Crippen molar-refractivity contribution < 1.29 is 33.0 Å². The molecule has 2 N–H and O–H groups in total. The van der Waals surface area contributed by atoms with Gasteiger partial charge < -0.3 is 15.1 Å². The number of benzene rings is 2. The first-order valence-electron chi connectivity index (χ1n) is 12.4. The number of rotatable bonds is 7. The number of anilines is 1. The number of carbonyl (C=O) groups is 2. The maximum atomic E-state index is 13.6. The van der Waals surface area contributed by atoms with Crippen LogP contribution in [0.1, 0.15) is 41.6 Å². The molecule has 8 nitrogen and oxygen atoms in total. The van der Waals surface area contributed by atoms with E-state index < -0.39 is 23.5 Å². The molecule has 12 heteroatoms. The van der Waals surface area contributed by atoms with Gasteiger partial charge in [0.15, 0.2) is 5.78 Å². The second-order valence-electron chi connectivity index (χ2n) is 9.58. The third-order valence-corrected chi connectivity index (χ3v) is 7.25. The maximum Gasteiger partial charge on any atom is 0.416 e. The molecule has 1 saturated heterocycles. The number of ketones is 1. The second-order valence-corrected chi connectivity index (χ2v) is 10.0. The Morgan fingerprint density at radius 2 is 1.77 bits per heavy atom. The minimum Gasteiger partial charge on any atom is -0.481 e. The van der Waals surface area contributed by atoms with E-state index in [4.69, 9.17) is 21.7 Å². The summed E-state index contributed by atoms with van der Waals surface area (Å²) in [6, 6.07) is 8.21. The van der Waals surface area contributed by atoms with Gasteiger partial charge in [0.2, 0.25) is 5.95 Å². The summed E-state index contributed by atoms with van der Waals surface area (Å²) in [5.74, 6) is -0.920. The van der Waals surface area contributed by atoms with Gasteiger partial charge >= 0.3 is 12.1 Å². The van der Waals surface area contributed by atoms with Crippen molar-refractivity contribution in [3.63, 3.8) is 0 Å². The molecule has 0 radical (unpaired) electrons. The number of aliphatic hydroxyl groups is 1. The lowest BCUT2D eigenvalue weighted by Crippen LogP contribution is -2.35. The predicted octanol–water partition coefficient (Wildman–Crippen LogP) is 5.50. The minimum absolute atomic E-state index is 0.0401. The van der Waals surface area contributed by atoms with Crippen LogP contribution in [0.4, 0.5) is 19.0 Å². The van der Waals surface area contributed by atoms with E-state index in [1.54, 1.807) is 22.8 Å². The number of hydrogen-bond acceptors (Lipinski definition) is 6. The fourth-order valence-corrected chi connectivity index (χ4v) is 5.07. The van der Waals surface area contributed by atoms with Gasteiger partial charge in [0.05, 0.1) is 23.0 Å². The molecule has 0 unspecified atom stereocenters. The minimum atomic E-state index is -4.55. The van der Waals surface area contributed by atoms with E-state index in [-0.39, 0.29) is 42.3 Å². The molecule has 0 amide bonds. The Labute approximate surface area is 225 Å². The number of carbonyl (C=O) groups excluding carboxylic acids is 1. The molecule has 0 bridgehead atoms. The largest absolute Gasteiger partial charge is 0.481 e.